The molecule has 2 fully saturated rings. The molecule has 0 aliphatic carbocycles. The van der Waals surface area contributed by atoms with Crippen LogP contribution < -0.4 is 0 Å². The van der Waals surface area contributed by atoms with E-state index >= 15 is 0 Å². The first-order valence-electron chi connectivity index (χ1n) is 10.5. The van der Waals surface area contributed by atoms with Gasteiger partial charge < -0.3 is 80.2 Å². The van der Waals surface area contributed by atoms with Crippen LogP contribution in [0.2, 0.25) is 0 Å². The molecule has 2 saturated heterocycles. The standard InChI is InChI=1S/C18H34O16.Fe/c19-1-5(21)9(23)10(24)6(22)3-31-17-16(30)14(28)12(26)8(34-17)4-32-18-15(29)13(27)11(25)7(2-20)33-18;/h5-30H,1-4H2;/q;+3. The van der Waals surface area contributed by atoms with E-state index in [1.54, 1.807) is 0 Å². The summed E-state index contributed by atoms with van der Waals surface area (Å²) in [5, 5.41) is 117. The fraction of sp³-hybridized carbons (Fsp3) is 1.00. The van der Waals surface area contributed by atoms with Crippen molar-refractivity contribution in [2.45, 2.75) is 85.8 Å². The van der Waals surface area contributed by atoms with E-state index in [0.29, 0.717) is 0 Å². The molecule has 0 aromatic rings. The zero-order valence-corrected chi connectivity index (χ0v) is 19.4. The van der Waals surface area contributed by atoms with Crippen molar-refractivity contribution in [2.75, 3.05) is 26.4 Å². The first kappa shape index (κ1) is 32.9. The molecule has 0 aromatic heterocycles. The molecule has 2 heterocycles. The quantitative estimate of drug-likeness (QED) is 0.104. The first-order chi connectivity index (χ1) is 15.9. The van der Waals surface area contributed by atoms with Crippen LogP contribution in [0.5, 0.6) is 0 Å². The van der Waals surface area contributed by atoms with Gasteiger partial charge in [0.05, 0.1) is 26.4 Å². The maximum absolute atomic E-state index is 10.2. The van der Waals surface area contributed by atoms with Gasteiger partial charge in [-0.05, 0) is 0 Å². The molecule has 1 radical (unpaired) electrons. The van der Waals surface area contributed by atoms with Crippen LogP contribution in [-0.2, 0) is 36.0 Å². The van der Waals surface area contributed by atoms with E-state index in [1.165, 1.54) is 0 Å². The van der Waals surface area contributed by atoms with Gasteiger partial charge in [0, 0.05) is 0 Å². The Bertz CT molecular complexity index is 603. The van der Waals surface area contributed by atoms with Crippen LogP contribution in [0.1, 0.15) is 0 Å². The minimum absolute atomic E-state index is 0. The SMILES string of the molecule is OCC(O)C(O)C(O)C(O)COC1OC(COC2OC(CO)C(O)C(O)C2O)C(O)C(O)C1O.[Fe+3]. The molecule has 17 heteroatoms. The van der Waals surface area contributed by atoms with E-state index in [9.17, 15) is 56.2 Å². The molecule has 12 N–H and O–H groups in total. The van der Waals surface area contributed by atoms with Crippen molar-refractivity contribution in [3.8, 4) is 0 Å². The number of hydrogen-bond donors (Lipinski definition) is 12. The van der Waals surface area contributed by atoms with E-state index < -0.39 is 112 Å². The first-order valence-corrected chi connectivity index (χ1v) is 10.5. The molecule has 0 saturated carbocycles. The summed E-state index contributed by atoms with van der Waals surface area (Å²) in [6.07, 6.45) is -23.8. The van der Waals surface area contributed by atoms with E-state index in [2.05, 4.69) is 0 Å². The summed E-state index contributed by atoms with van der Waals surface area (Å²) in [6, 6.07) is 0. The third kappa shape index (κ3) is 7.93. The van der Waals surface area contributed by atoms with E-state index in [1.807, 2.05) is 0 Å². The Labute approximate surface area is 210 Å². The molecule has 2 rings (SSSR count). The monoisotopic (exact) mass is 562 g/mol. The number of hydrogen-bond acceptors (Lipinski definition) is 16. The van der Waals surface area contributed by atoms with Crippen molar-refractivity contribution in [1.82, 2.24) is 0 Å². The predicted molar refractivity (Wildman–Crippen MR) is 103 cm³/mol. The zero-order valence-electron chi connectivity index (χ0n) is 18.3. The maximum atomic E-state index is 10.2. The Hall–Kier alpha value is -0.121. The molecule has 35 heavy (non-hydrogen) atoms. The normalized spacial score (nSPS) is 41.5. The largest absolute Gasteiger partial charge is 3.00 e. The molecule has 0 amide bonds. The van der Waals surface area contributed by atoms with Crippen LogP contribution in [0.4, 0.5) is 0 Å². The molecule has 2 aliphatic rings. The topological polar surface area (TPSA) is 280 Å². The van der Waals surface area contributed by atoms with Gasteiger partial charge in [0.25, 0.3) is 0 Å². The van der Waals surface area contributed by atoms with Crippen molar-refractivity contribution in [3.63, 3.8) is 0 Å². The Morgan fingerprint density at radius 2 is 1.06 bits per heavy atom. The Kier molecular flexibility index (Phi) is 13.8. The average Bonchev–Trinajstić information content (AvgIpc) is 2.84. The summed E-state index contributed by atoms with van der Waals surface area (Å²) in [4.78, 5) is 0. The fourth-order valence-corrected chi connectivity index (χ4v) is 3.44. The van der Waals surface area contributed by atoms with Gasteiger partial charge in [0.15, 0.2) is 12.6 Å². The van der Waals surface area contributed by atoms with E-state index in [4.69, 9.17) is 24.1 Å². The molecular formula is C18H34FeO16+3. The summed E-state index contributed by atoms with van der Waals surface area (Å²) < 4.78 is 20.8. The minimum Gasteiger partial charge on any atom is -0.394 e. The van der Waals surface area contributed by atoms with Gasteiger partial charge in [-0.2, -0.15) is 0 Å². The summed E-state index contributed by atoms with van der Waals surface area (Å²) in [5.74, 6) is 0. The van der Waals surface area contributed by atoms with Crippen LogP contribution in [-0.4, -0.2) is 174 Å². The smallest absolute Gasteiger partial charge is 0.394 e. The number of aliphatic hydroxyl groups excluding tert-OH is 12. The van der Waals surface area contributed by atoms with Gasteiger partial charge in [-0.25, -0.2) is 0 Å². The van der Waals surface area contributed by atoms with Crippen molar-refractivity contribution in [2.24, 2.45) is 0 Å². The molecule has 2 aliphatic heterocycles. The van der Waals surface area contributed by atoms with Crippen LogP contribution in [0, 0.1) is 0 Å². The predicted octanol–water partition coefficient (Wildman–Crippen LogP) is -7.94. The molecule has 0 spiro atoms. The summed E-state index contributed by atoms with van der Waals surface area (Å²) >= 11 is 0. The molecule has 16 nitrogen and oxygen atoms in total. The zero-order chi connectivity index (χ0) is 25.7. The van der Waals surface area contributed by atoms with Gasteiger partial charge in [0.2, 0.25) is 0 Å². The van der Waals surface area contributed by atoms with Gasteiger partial charge in [-0.3, -0.25) is 0 Å². The van der Waals surface area contributed by atoms with Crippen molar-refractivity contribution >= 4 is 0 Å². The van der Waals surface area contributed by atoms with Gasteiger partial charge >= 0.3 is 17.1 Å². The summed E-state index contributed by atoms with van der Waals surface area (Å²) in [5.41, 5.74) is 0. The van der Waals surface area contributed by atoms with Gasteiger partial charge in [-0.1, -0.05) is 0 Å². The fourth-order valence-electron chi connectivity index (χ4n) is 3.44. The molecule has 207 valence electrons. The minimum atomic E-state index is -1.95. The Morgan fingerprint density at radius 3 is 1.57 bits per heavy atom. The molecule has 0 aromatic carbocycles. The van der Waals surface area contributed by atoms with Crippen LogP contribution >= 0.6 is 0 Å². The van der Waals surface area contributed by atoms with Gasteiger partial charge in [0.1, 0.15) is 73.2 Å². The summed E-state index contributed by atoms with van der Waals surface area (Å²) in [7, 11) is 0. The Morgan fingerprint density at radius 1 is 0.600 bits per heavy atom. The molecule has 0 bridgehead atoms. The maximum Gasteiger partial charge on any atom is 3.00 e. The second-order valence-corrected chi connectivity index (χ2v) is 8.18. The Balaban J connectivity index is 0.00000612. The van der Waals surface area contributed by atoms with Gasteiger partial charge in [-0.15, -0.1) is 0 Å². The van der Waals surface area contributed by atoms with E-state index in [0.717, 1.165) is 0 Å². The number of rotatable bonds is 11. The average molecular weight is 562 g/mol. The van der Waals surface area contributed by atoms with Crippen LogP contribution in [0.3, 0.4) is 0 Å². The van der Waals surface area contributed by atoms with Crippen molar-refractivity contribution < 1.29 is 97.3 Å². The van der Waals surface area contributed by atoms with Crippen molar-refractivity contribution in [3.05, 3.63) is 0 Å². The third-order valence-corrected chi connectivity index (χ3v) is 5.70. The van der Waals surface area contributed by atoms with Crippen LogP contribution in [0.25, 0.3) is 0 Å². The molecular weight excluding hydrogens is 528 g/mol. The number of ether oxygens (including phenoxy) is 4. The van der Waals surface area contributed by atoms with E-state index in [-0.39, 0.29) is 17.1 Å². The second-order valence-electron chi connectivity index (χ2n) is 8.18. The molecule has 14 atom stereocenters. The van der Waals surface area contributed by atoms with Crippen molar-refractivity contribution in [1.29, 1.82) is 0 Å². The van der Waals surface area contributed by atoms with Crippen LogP contribution in [0.15, 0.2) is 0 Å². The summed E-state index contributed by atoms with van der Waals surface area (Å²) in [6.45, 7) is -2.97. The molecule has 14 unspecified atom stereocenters. The number of aliphatic hydroxyl groups is 12. The third-order valence-electron chi connectivity index (χ3n) is 5.70. The second kappa shape index (κ2) is 14.7.